The number of hydrogen-bond acceptors (Lipinski definition) is 0. The van der Waals surface area contributed by atoms with E-state index in [0.717, 1.165) is 28.5 Å². The fourth-order valence-corrected chi connectivity index (χ4v) is 15.0. The third-order valence-corrected chi connectivity index (χ3v) is 15.8. The fraction of sp³-hybridized carbons (Fsp3) is 0.478. The number of aryl methyl sites for hydroxylation is 12. The predicted molar refractivity (Wildman–Crippen MR) is 217 cm³/mol. The van der Waals surface area contributed by atoms with Gasteiger partial charge < -0.3 is 0 Å². The van der Waals surface area contributed by atoms with Gasteiger partial charge in [0.25, 0.3) is 0 Å². The SMILES string of the molecule is Cc1cc(C)c([C@H]2CPC(CCC3PC[C@H](c4c(C)cc(C)cc4C)[C@H]3c3c(C)cc(C)cc3C)[C@@H]2c2c(C)cc(C)cc2C)c(C)c1. The lowest BCUT2D eigenvalue weighted by Gasteiger charge is -2.33. The first-order valence-corrected chi connectivity index (χ1v) is 21.1. The highest BCUT2D eigenvalue weighted by Gasteiger charge is 2.44. The van der Waals surface area contributed by atoms with E-state index in [1.165, 1.54) is 91.9 Å². The van der Waals surface area contributed by atoms with Crippen LogP contribution in [-0.4, -0.2) is 23.6 Å². The van der Waals surface area contributed by atoms with Gasteiger partial charge in [0.15, 0.2) is 0 Å². The molecule has 2 aliphatic heterocycles. The van der Waals surface area contributed by atoms with Crippen LogP contribution in [0.15, 0.2) is 48.5 Å². The first kappa shape index (κ1) is 35.6. The minimum atomic E-state index is 0.604. The molecule has 0 bridgehead atoms. The van der Waals surface area contributed by atoms with E-state index in [2.05, 4.69) is 132 Å². The van der Waals surface area contributed by atoms with E-state index in [0.29, 0.717) is 23.7 Å². The van der Waals surface area contributed by atoms with E-state index in [1.54, 1.807) is 22.3 Å². The zero-order valence-electron chi connectivity index (χ0n) is 31.9. The summed E-state index contributed by atoms with van der Waals surface area (Å²) in [4.78, 5) is 0. The number of hydrogen-bond donors (Lipinski definition) is 0. The van der Waals surface area contributed by atoms with E-state index in [9.17, 15) is 0 Å². The summed E-state index contributed by atoms with van der Waals surface area (Å²) in [6.45, 7) is 28.2. The van der Waals surface area contributed by atoms with Crippen LogP contribution < -0.4 is 0 Å². The molecule has 0 amide bonds. The second kappa shape index (κ2) is 14.2. The molecule has 6 rings (SSSR count). The lowest BCUT2D eigenvalue weighted by molar-refractivity contribution is 0.501. The first-order chi connectivity index (χ1) is 22.7. The molecule has 0 saturated carbocycles. The minimum absolute atomic E-state index is 0.604. The molecule has 4 aromatic rings. The molecule has 2 saturated heterocycles. The lowest BCUT2D eigenvalue weighted by Crippen LogP contribution is -2.23. The summed E-state index contributed by atoms with van der Waals surface area (Å²) in [6.07, 6.45) is 5.38. The Balaban J connectivity index is 1.39. The molecule has 0 spiro atoms. The molecule has 0 nitrogen and oxygen atoms in total. The van der Waals surface area contributed by atoms with Crippen molar-refractivity contribution in [2.45, 2.75) is 131 Å². The van der Waals surface area contributed by atoms with E-state index in [1.807, 2.05) is 0 Å². The van der Waals surface area contributed by atoms with Crippen LogP contribution in [0.3, 0.4) is 0 Å². The van der Waals surface area contributed by atoms with E-state index in [-0.39, 0.29) is 0 Å². The zero-order valence-corrected chi connectivity index (χ0v) is 33.9. The number of rotatable bonds is 7. The van der Waals surface area contributed by atoms with Gasteiger partial charge >= 0.3 is 0 Å². The Morgan fingerprint density at radius 2 is 0.604 bits per heavy atom. The molecule has 2 fully saturated rings. The van der Waals surface area contributed by atoms with Crippen LogP contribution in [0.25, 0.3) is 0 Å². The molecule has 254 valence electrons. The highest BCUT2D eigenvalue weighted by Crippen LogP contribution is 2.59. The van der Waals surface area contributed by atoms with Crippen LogP contribution in [0, 0.1) is 83.1 Å². The maximum atomic E-state index is 2.46. The van der Waals surface area contributed by atoms with E-state index in [4.69, 9.17) is 0 Å². The first-order valence-electron chi connectivity index (χ1n) is 18.5. The van der Waals surface area contributed by atoms with Crippen molar-refractivity contribution in [2.24, 2.45) is 0 Å². The van der Waals surface area contributed by atoms with Crippen molar-refractivity contribution in [3.63, 3.8) is 0 Å². The molecule has 4 aromatic carbocycles. The molecule has 0 aromatic heterocycles. The summed E-state index contributed by atoms with van der Waals surface area (Å²) in [5.41, 5.74) is 25.8. The Kier molecular flexibility index (Phi) is 10.5. The topological polar surface area (TPSA) is 0 Å². The zero-order chi connectivity index (χ0) is 34.6. The van der Waals surface area contributed by atoms with Crippen molar-refractivity contribution < 1.29 is 0 Å². The van der Waals surface area contributed by atoms with Gasteiger partial charge in [0.1, 0.15) is 0 Å². The standard InChI is InChI=1S/C46H60P2/c1-25-15-29(5)41(30(6)16-25)37-23-47-39(45(37)43-33(9)19-27(3)20-34(43)10)13-14-40-46(44-35(11)21-28(4)22-36(44)12)38(24-48-40)42-31(7)17-26(2)18-32(42)8/h15-22,37-40,45-48H,13-14,23-24H2,1-12H3/t37-,38-,39?,40?,45-,46-/m1/s1. The molecule has 8 atom stereocenters. The second-order valence-corrected chi connectivity index (χ2v) is 19.2. The van der Waals surface area contributed by atoms with Crippen molar-refractivity contribution in [3.8, 4) is 0 Å². The van der Waals surface area contributed by atoms with Crippen molar-refractivity contribution in [1.82, 2.24) is 0 Å². The molecule has 2 aliphatic rings. The Bertz CT molecular complexity index is 1620. The van der Waals surface area contributed by atoms with Crippen molar-refractivity contribution in [2.75, 3.05) is 12.3 Å². The van der Waals surface area contributed by atoms with Crippen LogP contribution in [0.2, 0.25) is 0 Å². The Morgan fingerprint density at radius 1 is 0.375 bits per heavy atom. The summed E-state index contributed by atoms with van der Waals surface area (Å²) in [6, 6.07) is 19.6. The smallest absolute Gasteiger partial charge is 0.00190 e. The van der Waals surface area contributed by atoms with Gasteiger partial charge in [-0.05, 0) is 210 Å². The van der Waals surface area contributed by atoms with Crippen LogP contribution in [0.5, 0.6) is 0 Å². The van der Waals surface area contributed by atoms with Gasteiger partial charge in [-0.25, -0.2) is 0 Å². The lowest BCUT2D eigenvalue weighted by atomic mass is 9.72. The number of benzene rings is 4. The molecular weight excluding hydrogens is 614 g/mol. The summed E-state index contributed by atoms with van der Waals surface area (Å²) >= 11 is 0. The normalized spacial score (nSPS) is 25.1. The van der Waals surface area contributed by atoms with Crippen molar-refractivity contribution in [1.29, 1.82) is 0 Å². The Morgan fingerprint density at radius 3 is 0.854 bits per heavy atom. The maximum Gasteiger partial charge on any atom is -0.00190 e. The van der Waals surface area contributed by atoms with Gasteiger partial charge in [-0.15, -0.1) is 17.2 Å². The third kappa shape index (κ3) is 6.76. The van der Waals surface area contributed by atoms with E-state index < -0.39 is 0 Å². The molecule has 48 heavy (non-hydrogen) atoms. The molecular formula is C46H60P2. The average Bonchev–Trinajstić information content (AvgIpc) is 3.54. The Hall–Kier alpha value is -2.26. The third-order valence-electron chi connectivity index (χ3n) is 12.1. The fourth-order valence-electron chi connectivity index (χ4n) is 10.9. The van der Waals surface area contributed by atoms with Gasteiger partial charge in [-0.3, -0.25) is 0 Å². The highest BCUT2D eigenvalue weighted by atomic mass is 31.1. The van der Waals surface area contributed by atoms with Gasteiger partial charge in [0, 0.05) is 0 Å². The summed E-state index contributed by atoms with van der Waals surface area (Å²) in [5, 5.41) is 0. The van der Waals surface area contributed by atoms with E-state index >= 15 is 0 Å². The van der Waals surface area contributed by atoms with Crippen molar-refractivity contribution in [3.05, 3.63) is 138 Å². The second-order valence-electron chi connectivity index (χ2n) is 16.1. The highest BCUT2D eigenvalue weighted by molar-refractivity contribution is 7.40. The minimum Gasteiger partial charge on any atom is -0.118 e. The quantitative estimate of drug-likeness (QED) is 0.171. The average molecular weight is 675 g/mol. The molecule has 2 heteroatoms. The molecule has 0 N–H and O–H groups in total. The van der Waals surface area contributed by atoms with Crippen LogP contribution in [0.4, 0.5) is 0 Å². The molecule has 0 radical (unpaired) electrons. The van der Waals surface area contributed by atoms with Crippen LogP contribution >= 0.6 is 17.2 Å². The maximum absolute atomic E-state index is 2.46. The monoisotopic (exact) mass is 674 g/mol. The van der Waals surface area contributed by atoms with Gasteiger partial charge in [-0.1, -0.05) is 70.8 Å². The van der Waals surface area contributed by atoms with Crippen LogP contribution in [0.1, 0.15) is 126 Å². The Labute approximate surface area is 296 Å². The largest absolute Gasteiger partial charge is 0.118 e. The summed E-state index contributed by atoms with van der Waals surface area (Å²) in [5.74, 6) is 2.44. The van der Waals surface area contributed by atoms with Gasteiger partial charge in [0.05, 0.1) is 0 Å². The summed E-state index contributed by atoms with van der Waals surface area (Å²) in [7, 11) is 2.06. The van der Waals surface area contributed by atoms with Crippen molar-refractivity contribution >= 4 is 17.2 Å². The van der Waals surface area contributed by atoms with Gasteiger partial charge in [0.2, 0.25) is 0 Å². The molecule has 0 aliphatic carbocycles. The molecule has 2 heterocycles. The van der Waals surface area contributed by atoms with Gasteiger partial charge in [-0.2, -0.15) is 0 Å². The predicted octanol–water partition coefficient (Wildman–Crippen LogP) is 12.7. The summed E-state index contributed by atoms with van der Waals surface area (Å²) < 4.78 is 0. The molecule has 4 unspecified atom stereocenters. The van der Waals surface area contributed by atoms with Crippen LogP contribution in [-0.2, 0) is 0 Å².